The monoisotopic (exact) mass is 506 g/mol. The third-order valence-corrected chi connectivity index (χ3v) is 5.46. The van der Waals surface area contributed by atoms with E-state index < -0.39 is 28.8 Å². The van der Waals surface area contributed by atoms with Crippen LogP contribution in [0.15, 0.2) is 46.2 Å². The number of benzene rings is 1. The Morgan fingerprint density at radius 1 is 1.03 bits per heavy atom. The maximum absolute atomic E-state index is 12.5. The molecule has 1 aromatic heterocycles. The van der Waals surface area contributed by atoms with Gasteiger partial charge in [-0.3, -0.25) is 19.4 Å². The first kappa shape index (κ1) is 25.2. The smallest absolute Gasteiger partial charge is 0.326 e. The molecule has 1 atom stereocenters. The zero-order chi connectivity index (χ0) is 24.8. The lowest BCUT2D eigenvalue weighted by molar-refractivity contribution is -0.137. The molecule has 10 nitrogen and oxygen atoms in total. The minimum absolute atomic E-state index is 0.00440. The van der Waals surface area contributed by atoms with Crippen LogP contribution >= 0.6 is 23.2 Å². The molecule has 0 aliphatic rings. The average molecular weight is 507 g/mol. The fourth-order valence-corrected chi connectivity index (χ4v) is 3.55. The van der Waals surface area contributed by atoms with Crippen molar-refractivity contribution in [2.24, 2.45) is 0 Å². The van der Waals surface area contributed by atoms with E-state index in [2.05, 4.69) is 20.9 Å². The number of nitrogens with zero attached hydrogens (tertiary/aromatic N) is 1. The topological polar surface area (TPSA) is 147 Å². The molecule has 4 N–H and O–H groups in total. The summed E-state index contributed by atoms with van der Waals surface area (Å²) in [4.78, 5) is 51.8. The number of aliphatic carboxylic acids is 1. The number of ether oxygens (including phenoxy) is 1. The van der Waals surface area contributed by atoms with Gasteiger partial charge in [0.15, 0.2) is 0 Å². The highest BCUT2D eigenvalue weighted by atomic mass is 35.5. The normalized spacial score (nSPS) is 11.7. The molecule has 0 unspecified atom stereocenters. The average Bonchev–Trinajstić information content (AvgIpc) is 2.82. The van der Waals surface area contributed by atoms with E-state index in [9.17, 15) is 24.3 Å². The molecule has 3 rings (SSSR count). The van der Waals surface area contributed by atoms with Crippen molar-refractivity contribution in [1.82, 2.24) is 4.98 Å². The number of hydrogen-bond donors (Lipinski definition) is 4. The molecule has 34 heavy (non-hydrogen) atoms. The number of aromatic nitrogens is 1. The van der Waals surface area contributed by atoms with Crippen molar-refractivity contribution >= 4 is 52.1 Å². The quantitative estimate of drug-likeness (QED) is 0.227. The number of hydrogen-bond acceptors (Lipinski definition) is 8. The van der Waals surface area contributed by atoms with Crippen molar-refractivity contribution in [2.75, 3.05) is 36.2 Å². The van der Waals surface area contributed by atoms with Crippen LogP contribution in [0.3, 0.4) is 0 Å². The van der Waals surface area contributed by atoms with Crippen LogP contribution in [-0.2, 0) is 16.0 Å². The SMILES string of the molecule is COCCNc1c(N[C@@H](Cc2ccc(C(=O)Nc3c(Cl)cncc3Cl)cc2)C(=O)O)c(=O)c1=O. The molecule has 12 heteroatoms. The molecule has 0 saturated heterocycles. The van der Waals surface area contributed by atoms with Crippen LogP contribution in [-0.4, -0.2) is 48.3 Å². The van der Waals surface area contributed by atoms with Gasteiger partial charge in [-0.15, -0.1) is 0 Å². The largest absolute Gasteiger partial charge is 0.480 e. The lowest BCUT2D eigenvalue weighted by Gasteiger charge is -2.20. The van der Waals surface area contributed by atoms with E-state index in [1.165, 1.54) is 31.6 Å². The molecule has 2 aromatic carbocycles. The molecular formula is C22H20Cl2N4O6. The summed E-state index contributed by atoms with van der Waals surface area (Å²) in [5.74, 6) is -1.68. The molecule has 0 radical (unpaired) electrons. The molecule has 178 valence electrons. The van der Waals surface area contributed by atoms with Gasteiger partial charge < -0.3 is 25.8 Å². The van der Waals surface area contributed by atoms with Gasteiger partial charge in [0.1, 0.15) is 17.4 Å². The molecule has 0 saturated carbocycles. The highest BCUT2D eigenvalue weighted by molar-refractivity contribution is 6.39. The van der Waals surface area contributed by atoms with Gasteiger partial charge in [0, 0.05) is 38.0 Å². The molecule has 3 aromatic rings. The van der Waals surface area contributed by atoms with E-state index in [1.807, 2.05) is 0 Å². The number of carbonyl (C=O) groups is 2. The number of carbonyl (C=O) groups excluding carboxylic acids is 1. The lowest BCUT2D eigenvalue weighted by atomic mass is 10.0. The van der Waals surface area contributed by atoms with Crippen LogP contribution in [0.5, 0.6) is 0 Å². The van der Waals surface area contributed by atoms with Crippen LogP contribution in [0.1, 0.15) is 15.9 Å². The van der Waals surface area contributed by atoms with Gasteiger partial charge in [0.2, 0.25) is 0 Å². The summed E-state index contributed by atoms with van der Waals surface area (Å²) < 4.78 is 4.89. The summed E-state index contributed by atoms with van der Waals surface area (Å²) in [6.07, 6.45) is 2.69. The first-order valence-corrected chi connectivity index (χ1v) is 10.7. The minimum Gasteiger partial charge on any atom is -0.480 e. The van der Waals surface area contributed by atoms with Crippen molar-refractivity contribution in [1.29, 1.82) is 0 Å². The fourth-order valence-electron chi connectivity index (χ4n) is 3.09. The summed E-state index contributed by atoms with van der Waals surface area (Å²) in [5.41, 5.74) is -0.433. The molecule has 1 heterocycles. The van der Waals surface area contributed by atoms with Crippen LogP contribution in [0, 0.1) is 0 Å². The Hall–Kier alpha value is -3.47. The number of amides is 1. The number of carboxylic acid groups (broad SMARTS) is 1. The number of halogens is 2. The van der Waals surface area contributed by atoms with E-state index in [1.54, 1.807) is 12.1 Å². The molecule has 0 spiro atoms. The highest BCUT2D eigenvalue weighted by Gasteiger charge is 2.26. The second-order valence-corrected chi connectivity index (χ2v) is 8.01. The number of nitrogens with one attached hydrogen (secondary N) is 3. The molecule has 0 fully saturated rings. The minimum atomic E-state index is -1.21. The van der Waals surface area contributed by atoms with Crippen molar-refractivity contribution in [2.45, 2.75) is 12.5 Å². The fraction of sp³-hybridized carbons (Fsp3) is 0.227. The summed E-state index contributed by atoms with van der Waals surface area (Å²) in [6.45, 7) is 0.591. The van der Waals surface area contributed by atoms with Crippen molar-refractivity contribution < 1.29 is 19.4 Å². The van der Waals surface area contributed by atoms with Crippen molar-refractivity contribution in [3.8, 4) is 0 Å². The van der Waals surface area contributed by atoms with E-state index in [0.29, 0.717) is 17.7 Å². The maximum atomic E-state index is 12.5. The molecule has 0 aliphatic carbocycles. The zero-order valence-electron chi connectivity index (χ0n) is 17.9. The zero-order valence-corrected chi connectivity index (χ0v) is 19.4. The Kier molecular flexibility index (Phi) is 8.21. The number of methoxy groups -OCH3 is 1. The second kappa shape index (κ2) is 11.1. The van der Waals surface area contributed by atoms with Crippen LogP contribution in [0.2, 0.25) is 10.0 Å². The predicted octanol–water partition coefficient (Wildman–Crippen LogP) is 2.40. The Morgan fingerprint density at radius 3 is 2.24 bits per heavy atom. The molecule has 0 bridgehead atoms. The van der Waals surface area contributed by atoms with E-state index in [4.69, 9.17) is 27.9 Å². The summed E-state index contributed by atoms with van der Waals surface area (Å²) in [5, 5.41) is 18.0. The first-order chi connectivity index (χ1) is 16.2. The third-order valence-electron chi connectivity index (χ3n) is 4.88. The summed E-state index contributed by atoms with van der Waals surface area (Å²) in [7, 11) is 1.49. The Balaban J connectivity index is 1.69. The van der Waals surface area contributed by atoms with Crippen molar-refractivity contribution in [3.63, 3.8) is 0 Å². The van der Waals surface area contributed by atoms with E-state index in [0.717, 1.165) is 0 Å². The number of rotatable bonds is 11. The number of pyridine rings is 1. The maximum Gasteiger partial charge on any atom is 0.326 e. The second-order valence-electron chi connectivity index (χ2n) is 7.20. The molecular weight excluding hydrogens is 487 g/mol. The lowest BCUT2D eigenvalue weighted by Crippen LogP contribution is -2.42. The van der Waals surface area contributed by atoms with Crippen LogP contribution in [0.25, 0.3) is 0 Å². The van der Waals surface area contributed by atoms with Gasteiger partial charge in [-0.25, -0.2) is 4.79 Å². The van der Waals surface area contributed by atoms with Crippen LogP contribution in [0.4, 0.5) is 17.1 Å². The number of anilines is 3. The van der Waals surface area contributed by atoms with Gasteiger partial charge in [-0.2, -0.15) is 0 Å². The highest BCUT2D eigenvalue weighted by Crippen LogP contribution is 2.29. The van der Waals surface area contributed by atoms with Gasteiger partial charge in [0.05, 0.1) is 22.3 Å². The van der Waals surface area contributed by atoms with Gasteiger partial charge >= 0.3 is 5.97 Å². The van der Waals surface area contributed by atoms with E-state index >= 15 is 0 Å². The first-order valence-electron chi connectivity index (χ1n) is 9.97. The molecule has 0 aliphatic heterocycles. The van der Waals surface area contributed by atoms with E-state index in [-0.39, 0.29) is 40.1 Å². The summed E-state index contributed by atoms with van der Waals surface area (Å²) in [6, 6.07) is 5.02. The summed E-state index contributed by atoms with van der Waals surface area (Å²) >= 11 is 12.0. The van der Waals surface area contributed by atoms with Gasteiger partial charge in [-0.05, 0) is 17.7 Å². The van der Waals surface area contributed by atoms with Gasteiger partial charge in [0.25, 0.3) is 16.8 Å². The van der Waals surface area contributed by atoms with Crippen LogP contribution < -0.4 is 26.8 Å². The van der Waals surface area contributed by atoms with Crippen molar-refractivity contribution in [3.05, 3.63) is 78.3 Å². The molecule has 1 amide bonds. The van der Waals surface area contributed by atoms with Gasteiger partial charge in [-0.1, -0.05) is 35.3 Å². The standard InChI is InChI=1S/C22H20Cl2N4O6/c1-34-7-6-26-17-18(20(30)19(17)29)27-15(22(32)33)8-11-2-4-12(5-3-11)21(31)28-16-13(23)9-25-10-14(16)24/h2-5,9-10,15,26-27H,6-8H2,1H3,(H,32,33)(H,25,28,31)/t15-/m0/s1. The predicted molar refractivity (Wildman–Crippen MR) is 129 cm³/mol. The third kappa shape index (κ3) is 5.71. The number of carboxylic acids is 1. The Labute approximate surface area is 203 Å². The Bertz CT molecular complexity index is 1250. The Morgan fingerprint density at radius 2 is 1.65 bits per heavy atom.